The maximum Gasteiger partial charge on any atom is 0.354 e. The lowest BCUT2D eigenvalue weighted by Crippen LogP contribution is -2.49. The molecule has 3 amide bonds. The molecule has 0 spiro atoms. The van der Waals surface area contributed by atoms with Gasteiger partial charge >= 0.3 is 12.0 Å². The molecule has 1 aromatic heterocycles. The van der Waals surface area contributed by atoms with Gasteiger partial charge in [-0.15, -0.1) is 0 Å². The molecule has 108 valence electrons. The Balaban J connectivity index is 2.66. The first-order valence-electron chi connectivity index (χ1n) is 5.87. The summed E-state index contributed by atoms with van der Waals surface area (Å²) in [6, 6.07) is 1.24. The van der Waals surface area contributed by atoms with Crippen LogP contribution in [-0.4, -0.2) is 34.0 Å². The van der Waals surface area contributed by atoms with Gasteiger partial charge in [-0.25, -0.2) is 14.6 Å². The van der Waals surface area contributed by atoms with E-state index in [4.69, 9.17) is 10.8 Å². The number of hydrogen-bond donors (Lipinski definition) is 4. The van der Waals surface area contributed by atoms with Crippen LogP contribution in [0.1, 0.15) is 24.3 Å². The number of anilines is 1. The Morgan fingerprint density at radius 1 is 1.30 bits per heavy atom. The number of carbonyl (C=O) groups is 3. The van der Waals surface area contributed by atoms with Crippen LogP contribution in [-0.2, 0) is 4.79 Å². The summed E-state index contributed by atoms with van der Waals surface area (Å²) < 4.78 is 0. The Kier molecular flexibility index (Phi) is 5.01. The number of carboxylic acids is 1. The van der Waals surface area contributed by atoms with Gasteiger partial charge in [-0.3, -0.25) is 4.79 Å². The standard InChI is InChI=1S/C12H16N4O4/c1-6(2)9(10(13)17)16-12(20)15-7-3-4-8(11(18)19)14-5-7/h3-6,9H,1-2H3,(H2,13,17)(H,18,19)(H2,15,16,20). The van der Waals surface area contributed by atoms with Crippen LogP contribution in [0.3, 0.4) is 0 Å². The molecule has 1 unspecified atom stereocenters. The third-order valence-corrected chi connectivity index (χ3v) is 2.50. The number of rotatable bonds is 5. The van der Waals surface area contributed by atoms with Crippen LogP contribution >= 0.6 is 0 Å². The second kappa shape index (κ2) is 6.50. The third-order valence-electron chi connectivity index (χ3n) is 2.50. The number of urea groups is 1. The van der Waals surface area contributed by atoms with Crippen molar-refractivity contribution in [2.75, 3.05) is 5.32 Å². The number of pyridine rings is 1. The van der Waals surface area contributed by atoms with E-state index in [1.54, 1.807) is 13.8 Å². The topological polar surface area (TPSA) is 134 Å². The Bertz CT molecular complexity index is 513. The van der Waals surface area contributed by atoms with E-state index in [-0.39, 0.29) is 11.6 Å². The number of nitrogens with one attached hydrogen (secondary N) is 2. The molecule has 0 radical (unpaired) electrons. The predicted octanol–water partition coefficient (Wildman–Crippen LogP) is 0.411. The molecule has 0 aliphatic carbocycles. The summed E-state index contributed by atoms with van der Waals surface area (Å²) >= 11 is 0. The molecule has 0 fully saturated rings. The quantitative estimate of drug-likeness (QED) is 0.619. The number of hydrogen-bond acceptors (Lipinski definition) is 4. The van der Waals surface area contributed by atoms with E-state index < -0.39 is 23.9 Å². The van der Waals surface area contributed by atoms with Crippen LogP contribution in [0.25, 0.3) is 0 Å². The van der Waals surface area contributed by atoms with E-state index in [9.17, 15) is 14.4 Å². The van der Waals surface area contributed by atoms with Crippen molar-refractivity contribution in [1.82, 2.24) is 10.3 Å². The molecular formula is C12H16N4O4. The molecule has 1 atom stereocenters. The second-order valence-corrected chi connectivity index (χ2v) is 4.46. The average molecular weight is 280 g/mol. The van der Waals surface area contributed by atoms with E-state index in [1.807, 2.05) is 0 Å². The molecule has 0 aromatic carbocycles. The lowest BCUT2D eigenvalue weighted by Gasteiger charge is -2.19. The monoisotopic (exact) mass is 280 g/mol. The van der Waals surface area contributed by atoms with Crippen LogP contribution in [0.5, 0.6) is 0 Å². The number of nitrogens with two attached hydrogens (primary N) is 1. The number of nitrogens with zero attached hydrogens (tertiary/aromatic N) is 1. The summed E-state index contributed by atoms with van der Waals surface area (Å²) in [5.74, 6) is -1.94. The smallest absolute Gasteiger partial charge is 0.354 e. The number of carboxylic acid groups (broad SMARTS) is 1. The molecule has 0 saturated carbocycles. The van der Waals surface area contributed by atoms with Crippen LogP contribution < -0.4 is 16.4 Å². The molecule has 0 bridgehead atoms. The van der Waals surface area contributed by atoms with Gasteiger partial charge in [-0.1, -0.05) is 13.8 Å². The van der Waals surface area contributed by atoms with Gasteiger partial charge in [0.05, 0.1) is 11.9 Å². The molecule has 0 saturated heterocycles. The average Bonchev–Trinajstić information content (AvgIpc) is 2.35. The third kappa shape index (κ3) is 4.23. The molecular weight excluding hydrogens is 264 g/mol. The number of primary amides is 1. The minimum absolute atomic E-state index is 0.131. The van der Waals surface area contributed by atoms with Gasteiger partial charge in [0, 0.05) is 0 Å². The van der Waals surface area contributed by atoms with E-state index in [1.165, 1.54) is 18.3 Å². The minimum Gasteiger partial charge on any atom is -0.477 e. The van der Waals surface area contributed by atoms with Crippen molar-refractivity contribution >= 4 is 23.6 Å². The second-order valence-electron chi connectivity index (χ2n) is 4.46. The van der Waals surface area contributed by atoms with Gasteiger partial charge in [0.25, 0.3) is 0 Å². The van der Waals surface area contributed by atoms with Gasteiger partial charge in [0.15, 0.2) is 0 Å². The maximum absolute atomic E-state index is 11.7. The summed E-state index contributed by atoms with van der Waals surface area (Å²) in [5.41, 5.74) is 5.35. The van der Waals surface area contributed by atoms with Gasteiger partial charge in [0.1, 0.15) is 11.7 Å². The fourth-order valence-electron chi connectivity index (χ4n) is 1.47. The van der Waals surface area contributed by atoms with Crippen LogP contribution in [0.2, 0.25) is 0 Å². The van der Waals surface area contributed by atoms with E-state index in [2.05, 4.69) is 15.6 Å². The van der Waals surface area contributed by atoms with Gasteiger partial charge < -0.3 is 21.5 Å². The van der Waals surface area contributed by atoms with Crippen molar-refractivity contribution < 1.29 is 19.5 Å². The summed E-state index contributed by atoms with van der Waals surface area (Å²) in [6.07, 6.45) is 1.21. The molecule has 8 heteroatoms. The molecule has 1 heterocycles. The normalized spacial score (nSPS) is 11.8. The van der Waals surface area contributed by atoms with Crippen LogP contribution in [0.4, 0.5) is 10.5 Å². The van der Waals surface area contributed by atoms with Gasteiger partial charge in [-0.2, -0.15) is 0 Å². The Labute approximate surface area is 115 Å². The highest BCUT2D eigenvalue weighted by molar-refractivity contribution is 5.93. The molecule has 1 aromatic rings. The first kappa shape index (κ1) is 15.4. The van der Waals surface area contributed by atoms with Crippen molar-refractivity contribution in [1.29, 1.82) is 0 Å². The molecule has 1 rings (SSSR count). The van der Waals surface area contributed by atoms with Crippen molar-refractivity contribution in [3.8, 4) is 0 Å². The highest BCUT2D eigenvalue weighted by Crippen LogP contribution is 2.07. The highest BCUT2D eigenvalue weighted by Gasteiger charge is 2.21. The van der Waals surface area contributed by atoms with E-state index in [0.29, 0.717) is 5.69 Å². The van der Waals surface area contributed by atoms with Crippen molar-refractivity contribution in [3.05, 3.63) is 24.0 Å². The predicted molar refractivity (Wildman–Crippen MR) is 71.2 cm³/mol. The zero-order valence-electron chi connectivity index (χ0n) is 11.1. The molecule has 0 aliphatic rings. The van der Waals surface area contributed by atoms with Crippen molar-refractivity contribution in [2.45, 2.75) is 19.9 Å². The number of aromatic carboxylic acids is 1. The lowest BCUT2D eigenvalue weighted by atomic mass is 10.0. The van der Waals surface area contributed by atoms with Gasteiger partial charge in [0.2, 0.25) is 5.91 Å². The Morgan fingerprint density at radius 2 is 1.95 bits per heavy atom. The largest absolute Gasteiger partial charge is 0.477 e. The summed E-state index contributed by atoms with van der Waals surface area (Å²) in [4.78, 5) is 37.1. The zero-order chi connectivity index (χ0) is 15.3. The van der Waals surface area contributed by atoms with Crippen LogP contribution in [0, 0.1) is 5.92 Å². The van der Waals surface area contributed by atoms with Crippen molar-refractivity contribution in [2.24, 2.45) is 11.7 Å². The summed E-state index contributed by atoms with van der Waals surface area (Å²) in [6.45, 7) is 3.50. The van der Waals surface area contributed by atoms with Crippen LogP contribution in [0.15, 0.2) is 18.3 Å². The maximum atomic E-state index is 11.7. The van der Waals surface area contributed by atoms with E-state index in [0.717, 1.165) is 0 Å². The molecule has 20 heavy (non-hydrogen) atoms. The lowest BCUT2D eigenvalue weighted by molar-refractivity contribution is -0.120. The number of carbonyl (C=O) groups excluding carboxylic acids is 2. The summed E-state index contributed by atoms with van der Waals surface area (Å²) in [7, 11) is 0. The van der Waals surface area contributed by atoms with E-state index >= 15 is 0 Å². The zero-order valence-corrected chi connectivity index (χ0v) is 11.1. The first-order valence-corrected chi connectivity index (χ1v) is 5.87. The molecule has 8 nitrogen and oxygen atoms in total. The summed E-state index contributed by atoms with van der Waals surface area (Å²) in [5, 5.41) is 13.6. The fraction of sp³-hybridized carbons (Fsp3) is 0.333. The fourth-order valence-corrected chi connectivity index (χ4v) is 1.47. The highest BCUT2D eigenvalue weighted by atomic mass is 16.4. The number of aromatic nitrogens is 1. The molecule has 0 aliphatic heterocycles. The molecule has 5 N–H and O–H groups in total. The number of amides is 3. The van der Waals surface area contributed by atoms with Gasteiger partial charge in [-0.05, 0) is 18.1 Å². The Hall–Kier alpha value is -2.64. The first-order chi connectivity index (χ1) is 9.31. The Morgan fingerprint density at radius 3 is 2.35 bits per heavy atom. The SMILES string of the molecule is CC(C)C(NC(=O)Nc1ccc(C(=O)O)nc1)C(N)=O. The van der Waals surface area contributed by atoms with Crippen molar-refractivity contribution in [3.63, 3.8) is 0 Å². The minimum atomic E-state index is -1.16.